The number of nitrogens with zero attached hydrogens (tertiary/aromatic N) is 2. The number of carbonyl (C=O) groups is 1. The number of unbranched alkanes of at least 4 members (excludes halogenated alkanes) is 1. The van der Waals surface area contributed by atoms with Crippen LogP contribution in [0.25, 0.3) is 6.08 Å². The van der Waals surface area contributed by atoms with Gasteiger partial charge in [0.2, 0.25) is 0 Å². The molecular weight excluding hydrogens is 508 g/mol. The summed E-state index contributed by atoms with van der Waals surface area (Å²) in [5.41, 5.74) is 1.39. The van der Waals surface area contributed by atoms with Gasteiger partial charge in [-0.1, -0.05) is 50.7 Å². The maximum Gasteiger partial charge on any atom is 0.338 e. The van der Waals surface area contributed by atoms with Gasteiger partial charge in [0.05, 0.1) is 42.2 Å². The van der Waals surface area contributed by atoms with Gasteiger partial charge < -0.3 is 14.2 Å². The summed E-state index contributed by atoms with van der Waals surface area (Å²) >= 11 is 2.87. The average Bonchev–Trinajstić information content (AvgIpc) is 3.50. The number of thiazole rings is 1. The Labute approximate surface area is 224 Å². The Morgan fingerprint density at radius 1 is 1.24 bits per heavy atom. The van der Waals surface area contributed by atoms with E-state index in [0.29, 0.717) is 44.3 Å². The van der Waals surface area contributed by atoms with Gasteiger partial charge in [-0.05, 0) is 54.5 Å². The maximum atomic E-state index is 13.7. The van der Waals surface area contributed by atoms with Gasteiger partial charge in [0.15, 0.2) is 16.3 Å². The molecule has 3 heterocycles. The Kier molecular flexibility index (Phi) is 8.66. The molecular formula is C28H32N2O5S2. The zero-order valence-electron chi connectivity index (χ0n) is 21.8. The Hall–Kier alpha value is -3.17. The van der Waals surface area contributed by atoms with Crippen LogP contribution in [0.3, 0.4) is 0 Å². The summed E-state index contributed by atoms with van der Waals surface area (Å²) in [5, 5.41) is 1.97. The van der Waals surface area contributed by atoms with E-state index in [0.717, 1.165) is 17.7 Å². The highest BCUT2D eigenvalue weighted by molar-refractivity contribution is 7.11. The lowest BCUT2D eigenvalue weighted by Crippen LogP contribution is -2.40. The Balaban J connectivity index is 1.86. The molecule has 0 bridgehead atoms. The normalized spacial score (nSPS) is 15.5. The molecule has 2 aromatic heterocycles. The van der Waals surface area contributed by atoms with Crippen LogP contribution in [0, 0.1) is 5.92 Å². The minimum Gasteiger partial charge on any atom is -0.493 e. The highest BCUT2D eigenvalue weighted by Crippen LogP contribution is 2.36. The van der Waals surface area contributed by atoms with Crippen molar-refractivity contribution in [2.45, 2.75) is 46.6 Å². The van der Waals surface area contributed by atoms with Gasteiger partial charge in [0.25, 0.3) is 5.56 Å². The van der Waals surface area contributed by atoms with E-state index >= 15 is 0 Å². The van der Waals surface area contributed by atoms with Crippen LogP contribution in [0.1, 0.15) is 57.0 Å². The molecule has 1 unspecified atom stereocenters. The van der Waals surface area contributed by atoms with E-state index < -0.39 is 12.0 Å². The standard InChI is InChI=1S/C28H32N2O5S2/c1-6-7-12-34-21-11-10-19(14-22(21)33-5)25-24(27(32)35-16-17(2)3)18(4)29-28-30(25)26(31)23(37-28)15-20-9-8-13-36-20/h8-11,13-15,17,25H,6-7,12,16H2,1-5H3. The van der Waals surface area contributed by atoms with Gasteiger partial charge in [0.1, 0.15) is 0 Å². The van der Waals surface area contributed by atoms with Crippen molar-refractivity contribution in [3.8, 4) is 11.5 Å². The summed E-state index contributed by atoms with van der Waals surface area (Å²) in [6.07, 6.45) is 3.82. The van der Waals surface area contributed by atoms with Crippen LogP contribution >= 0.6 is 22.7 Å². The average molecular weight is 541 g/mol. The van der Waals surface area contributed by atoms with Crippen molar-refractivity contribution in [2.75, 3.05) is 20.3 Å². The molecule has 1 aliphatic heterocycles. The minimum absolute atomic E-state index is 0.176. The molecule has 196 valence electrons. The summed E-state index contributed by atoms with van der Waals surface area (Å²) < 4.78 is 19.3. The van der Waals surface area contributed by atoms with E-state index in [1.807, 2.05) is 55.6 Å². The molecule has 0 aliphatic carbocycles. The molecule has 0 fully saturated rings. The molecule has 37 heavy (non-hydrogen) atoms. The van der Waals surface area contributed by atoms with Crippen LogP contribution in [-0.4, -0.2) is 30.9 Å². The van der Waals surface area contributed by atoms with E-state index in [4.69, 9.17) is 14.2 Å². The second-order valence-electron chi connectivity index (χ2n) is 9.20. The number of hydrogen-bond acceptors (Lipinski definition) is 8. The zero-order chi connectivity index (χ0) is 26.5. The van der Waals surface area contributed by atoms with Gasteiger partial charge >= 0.3 is 5.97 Å². The highest BCUT2D eigenvalue weighted by Gasteiger charge is 2.34. The van der Waals surface area contributed by atoms with E-state index in [1.54, 1.807) is 29.9 Å². The fourth-order valence-electron chi connectivity index (χ4n) is 4.02. The molecule has 1 atom stereocenters. The maximum absolute atomic E-state index is 13.7. The van der Waals surface area contributed by atoms with Gasteiger partial charge in [-0.2, -0.15) is 0 Å². The number of benzene rings is 1. The fraction of sp³-hybridized carbons (Fsp3) is 0.393. The van der Waals surface area contributed by atoms with Gasteiger partial charge in [-0.25, -0.2) is 9.79 Å². The minimum atomic E-state index is -0.708. The molecule has 0 saturated heterocycles. The van der Waals surface area contributed by atoms with Gasteiger partial charge in [-0.3, -0.25) is 9.36 Å². The first kappa shape index (κ1) is 26.9. The van der Waals surface area contributed by atoms with Crippen LogP contribution in [0.5, 0.6) is 11.5 Å². The third kappa shape index (κ3) is 5.88. The van der Waals surface area contributed by atoms with Crippen molar-refractivity contribution in [1.29, 1.82) is 0 Å². The fourth-order valence-corrected chi connectivity index (χ4v) is 5.79. The molecule has 4 rings (SSSR count). The molecule has 0 radical (unpaired) electrons. The first-order valence-electron chi connectivity index (χ1n) is 12.4. The van der Waals surface area contributed by atoms with Gasteiger partial charge in [0, 0.05) is 4.88 Å². The number of carbonyl (C=O) groups excluding carboxylic acids is 1. The molecule has 0 saturated carbocycles. The second-order valence-corrected chi connectivity index (χ2v) is 11.2. The van der Waals surface area contributed by atoms with Crippen molar-refractivity contribution in [3.63, 3.8) is 0 Å². The van der Waals surface area contributed by atoms with Crippen LogP contribution in [-0.2, 0) is 9.53 Å². The van der Waals surface area contributed by atoms with E-state index in [2.05, 4.69) is 11.9 Å². The van der Waals surface area contributed by atoms with Gasteiger partial charge in [-0.15, -0.1) is 11.3 Å². The number of allylic oxidation sites excluding steroid dienone is 1. The van der Waals surface area contributed by atoms with Crippen LogP contribution in [0.2, 0.25) is 0 Å². The number of thiophene rings is 1. The number of fused-ring (bicyclic) bond motifs is 1. The predicted molar refractivity (Wildman–Crippen MR) is 147 cm³/mol. The number of hydrogen-bond donors (Lipinski definition) is 0. The first-order valence-corrected chi connectivity index (χ1v) is 14.1. The molecule has 1 aliphatic rings. The Bertz CT molecular complexity index is 1460. The van der Waals surface area contributed by atoms with Crippen molar-refractivity contribution in [2.24, 2.45) is 10.9 Å². The lowest BCUT2D eigenvalue weighted by Gasteiger charge is -2.25. The summed E-state index contributed by atoms with van der Waals surface area (Å²) in [6.45, 7) is 8.71. The van der Waals surface area contributed by atoms with Crippen molar-refractivity contribution < 1.29 is 19.0 Å². The summed E-state index contributed by atoms with van der Waals surface area (Å²) in [7, 11) is 1.58. The van der Waals surface area contributed by atoms with E-state index in [1.165, 1.54) is 11.3 Å². The largest absolute Gasteiger partial charge is 0.493 e. The molecule has 7 nitrogen and oxygen atoms in total. The van der Waals surface area contributed by atoms with E-state index in [9.17, 15) is 9.59 Å². The quantitative estimate of drug-likeness (QED) is 0.276. The number of methoxy groups -OCH3 is 1. The first-order chi connectivity index (χ1) is 17.8. The lowest BCUT2D eigenvalue weighted by atomic mass is 9.95. The Morgan fingerprint density at radius 3 is 2.73 bits per heavy atom. The summed E-state index contributed by atoms with van der Waals surface area (Å²) in [6, 6.07) is 8.73. The number of rotatable bonds is 10. The topological polar surface area (TPSA) is 79.1 Å². The zero-order valence-corrected chi connectivity index (χ0v) is 23.4. The van der Waals surface area contributed by atoms with Crippen LogP contribution in [0.4, 0.5) is 0 Å². The third-order valence-electron chi connectivity index (χ3n) is 5.86. The molecule has 3 aromatic rings. The summed E-state index contributed by atoms with van der Waals surface area (Å²) in [5.74, 6) is 0.859. The second kappa shape index (κ2) is 11.9. The molecule has 1 aromatic carbocycles. The van der Waals surface area contributed by atoms with Crippen molar-refractivity contribution >= 4 is 34.7 Å². The van der Waals surface area contributed by atoms with Crippen LogP contribution in [0.15, 0.2) is 56.8 Å². The highest BCUT2D eigenvalue weighted by atomic mass is 32.1. The van der Waals surface area contributed by atoms with Crippen LogP contribution < -0.4 is 24.4 Å². The lowest BCUT2D eigenvalue weighted by molar-refractivity contribution is -0.140. The predicted octanol–water partition coefficient (Wildman–Crippen LogP) is 4.68. The SMILES string of the molecule is CCCCOc1ccc(C2C(C(=O)OCC(C)C)=C(C)N=c3sc(=Cc4cccs4)c(=O)n32)cc1OC. The van der Waals surface area contributed by atoms with Crippen molar-refractivity contribution in [3.05, 3.63) is 77.1 Å². The number of aromatic nitrogens is 1. The molecule has 0 N–H and O–H groups in total. The summed E-state index contributed by atoms with van der Waals surface area (Å²) in [4.78, 5) is 33.3. The monoisotopic (exact) mass is 540 g/mol. The number of ether oxygens (including phenoxy) is 3. The Morgan fingerprint density at radius 2 is 2.05 bits per heavy atom. The molecule has 0 amide bonds. The number of esters is 1. The third-order valence-corrected chi connectivity index (χ3v) is 7.67. The van der Waals surface area contributed by atoms with E-state index in [-0.39, 0.29) is 18.1 Å². The van der Waals surface area contributed by atoms with Crippen molar-refractivity contribution in [1.82, 2.24) is 4.57 Å². The molecule has 9 heteroatoms. The smallest absolute Gasteiger partial charge is 0.338 e. The molecule has 0 spiro atoms.